The van der Waals surface area contributed by atoms with E-state index in [4.69, 9.17) is 4.43 Å². The number of hydrogen-bond acceptors (Lipinski definition) is 2. The lowest BCUT2D eigenvalue weighted by atomic mass is 10.2. The molecule has 2 nitrogen and oxygen atoms in total. The summed E-state index contributed by atoms with van der Waals surface area (Å²) in [6.07, 6.45) is -0.380. The minimum atomic E-state index is -1.66. The lowest BCUT2D eigenvalue weighted by Crippen LogP contribution is -2.42. The molecule has 0 heterocycles. The van der Waals surface area contributed by atoms with Gasteiger partial charge in [-0.2, -0.15) is 0 Å². The first-order chi connectivity index (χ1) is 5.70. The lowest BCUT2D eigenvalue weighted by molar-refractivity contribution is 0.119. The Hall–Kier alpha value is 0.617. The number of aliphatic hydroxyl groups excluding tert-OH is 1. The Morgan fingerprint density at radius 2 is 1.85 bits per heavy atom. The van der Waals surface area contributed by atoms with Crippen LogP contribution in [-0.2, 0) is 4.43 Å². The Morgan fingerprint density at radius 3 is 2.15 bits per heavy atom. The summed E-state index contributed by atoms with van der Waals surface area (Å²) in [5.41, 5.74) is 0. The van der Waals surface area contributed by atoms with E-state index in [2.05, 4.69) is 49.8 Å². The molecule has 0 bridgehead atoms. The van der Waals surface area contributed by atoms with Gasteiger partial charge in [-0.05, 0) is 18.1 Å². The minimum absolute atomic E-state index is 0.221. The monoisotopic (exact) mass is 268 g/mol. The fraction of sp³-hybridized carbons (Fsp3) is 1.00. The highest BCUT2D eigenvalue weighted by Crippen LogP contribution is 2.36. The van der Waals surface area contributed by atoms with E-state index in [9.17, 15) is 5.11 Å². The molecule has 1 N–H and O–H groups in total. The molecule has 0 aliphatic carbocycles. The zero-order valence-electron chi connectivity index (χ0n) is 9.22. The summed E-state index contributed by atoms with van der Waals surface area (Å²) < 4.78 is 5.81. The van der Waals surface area contributed by atoms with Crippen molar-refractivity contribution in [2.75, 3.05) is 11.9 Å². The smallest absolute Gasteiger partial charge is 0.192 e. The number of hydrogen-bond donors (Lipinski definition) is 1. The van der Waals surface area contributed by atoms with E-state index in [1.165, 1.54) is 0 Å². The second kappa shape index (κ2) is 4.91. The van der Waals surface area contributed by atoms with Crippen LogP contribution < -0.4 is 0 Å². The van der Waals surface area contributed by atoms with E-state index in [0.717, 1.165) is 0 Å². The summed E-state index contributed by atoms with van der Waals surface area (Å²) in [5.74, 6) is 0. The van der Waals surface area contributed by atoms with Crippen LogP contribution in [0.4, 0.5) is 0 Å². The minimum Gasteiger partial charge on any atom is -0.414 e. The first kappa shape index (κ1) is 13.6. The van der Waals surface area contributed by atoms with Gasteiger partial charge in [0.1, 0.15) is 0 Å². The van der Waals surface area contributed by atoms with Gasteiger partial charge in [-0.15, -0.1) is 0 Å². The maximum Gasteiger partial charge on any atom is 0.192 e. The molecule has 0 aliphatic heterocycles. The standard InChI is InChI=1S/C9H21BrO2Si/c1-9(2,3)13(4,5)12-7-8(11)6-10/h8,11H,6-7H2,1-5H3/t8-/m0/s1. The molecule has 80 valence electrons. The molecule has 0 aromatic carbocycles. The summed E-state index contributed by atoms with van der Waals surface area (Å²) in [5, 5.41) is 10.1. The topological polar surface area (TPSA) is 29.5 Å². The van der Waals surface area contributed by atoms with E-state index >= 15 is 0 Å². The van der Waals surface area contributed by atoms with Gasteiger partial charge in [0.2, 0.25) is 0 Å². The van der Waals surface area contributed by atoms with Gasteiger partial charge >= 0.3 is 0 Å². The van der Waals surface area contributed by atoms with E-state index in [1.54, 1.807) is 0 Å². The zero-order chi connectivity index (χ0) is 10.7. The maximum absolute atomic E-state index is 9.34. The largest absolute Gasteiger partial charge is 0.414 e. The maximum atomic E-state index is 9.34. The molecular weight excluding hydrogens is 248 g/mol. The molecule has 0 rings (SSSR count). The molecule has 0 amide bonds. The van der Waals surface area contributed by atoms with Crippen LogP contribution in [0.3, 0.4) is 0 Å². The van der Waals surface area contributed by atoms with Gasteiger partial charge in [-0.1, -0.05) is 36.7 Å². The van der Waals surface area contributed by atoms with Crippen molar-refractivity contribution in [2.24, 2.45) is 0 Å². The van der Waals surface area contributed by atoms with Gasteiger partial charge in [0.25, 0.3) is 0 Å². The predicted octanol–water partition coefficient (Wildman–Crippen LogP) is 2.76. The second-order valence-corrected chi connectivity index (χ2v) is 10.3. The normalized spacial score (nSPS) is 15.9. The average Bonchev–Trinajstić information content (AvgIpc) is 1.98. The number of rotatable bonds is 4. The molecule has 0 fully saturated rings. The van der Waals surface area contributed by atoms with Crippen molar-refractivity contribution in [1.29, 1.82) is 0 Å². The van der Waals surface area contributed by atoms with Crippen molar-refractivity contribution in [3.05, 3.63) is 0 Å². The van der Waals surface area contributed by atoms with Gasteiger partial charge in [0, 0.05) is 5.33 Å². The van der Waals surface area contributed by atoms with Crippen LogP contribution in [0.2, 0.25) is 18.1 Å². The highest BCUT2D eigenvalue weighted by atomic mass is 79.9. The molecular formula is C9H21BrO2Si. The highest BCUT2D eigenvalue weighted by molar-refractivity contribution is 9.09. The summed E-state index contributed by atoms with van der Waals surface area (Å²) in [6.45, 7) is 11.4. The van der Waals surface area contributed by atoms with Gasteiger partial charge in [0.15, 0.2) is 8.32 Å². The van der Waals surface area contributed by atoms with Crippen LogP contribution in [0.15, 0.2) is 0 Å². The van der Waals surface area contributed by atoms with Crippen molar-refractivity contribution in [3.63, 3.8) is 0 Å². The number of alkyl halides is 1. The quantitative estimate of drug-likeness (QED) is 0.628. The van der Waals surface area contributed by atoms with Gasteiger partial charge in [-0.25, -0.2) is 0 Å². The van der Waals surface area contributed by atoms with Crippen LogP contribution in [0.25, 0.3) is 0 Å². The van der Waals surface area contributed by atoms with Crippen molar-refractivity contribution < 1.29 is 9.53 Å². The van der Waals surface area contributed by atoms with Crippen molar-refractivity contribution >= 4 is 24.2 Å². The Morgan fingerprint density at radius 1 is 1.38 bits per heavy atom. The van der Waals surface area contributed by atoms with Crippen LogP contribution in [0.1, 0.15) is 20.8 Å². The van der Waals surface area contributed by atoms with Gasteiger partial charge < -0.3 is 9.53 Å². The Labute approximate surface area is 90.9 Å². The molecule has 0 radical (unpaired) electrons. The van der Waals surface area contributed by atoms with Gasteiger partial charge in [0.05, 0.1) is 12.7 Å². The molecule has 0 aliphatic rings. The van der Waals surface area contributed by atoms with E-state index < -0.39 is 8.32 Å². The van der Waals surface area contributed by atoms with E-state index in [-0.39, 0.29) is 11.1 Å². The molecule has 0 spiro atoms. The first-order valence-electron chi connectivity index (χ1n) is 4.58. The molecule has 0 aromatic rings. The Kier molecular flexibility index (Phi) is 5.15. The van der Waals surface area contributed by atoms with Crippen LogP contribution in [-0.4, -0.2) is 31.5 Å². The SMILES string of the molecule is CC(C)(C)[Si](C)(C)OC[C@@H](O)CBr. The van der Waals surface area contributed by atoms with Crippen LogP contribution in [0, 0.1) is 0 Å². The Balaban J connectivity index is 4.04. The van der Waals surface area contributed by atoms with Crippen molar-refractivity contribution in [3.8, 4) is 0 Å². The molecule has 4 heteroatoms. The summed E-state index contributed by atoms with van der Waals surface area (Å²) in [6, 6.07) is 0. The summed E-state index contributed by atoms with van der Waals surface area (Å²) in [4.78, 5) is 0. The van der Waals surface area contributed by atoms with Gasteiger partial charge in [-0.3, -0.25) is 0 Å². The first-order valence-corrected chi connectivity index (χ1v) is 8.61. The van der Waals surface area contributed by atoms with E-state index in [0.29, 0.717) is 11.9 Å². The average molecular weight is 269 g/mol. The third kappa shape index (κ3) is 4.58. The van der Waals surface area contributed by atoms with Crippen molar-refractivity contribution in [2.45, 2.75) is 45.0 Å². The van der Waals surface area contributed by atoms with Crippen molar-refractivity contribution in [1.82, 2.24) is 0 Å². The van der Waals surface area contributed by atoms with Crippen LogP contribution in [0.5, 0.6) is 0 Å². The third-order valence-electron chi connectivity index (χ3n) is 2.62. The molecule has 1 atom stereocenters. The van der Waals surface area contributed by atoms with E-state index in [1.807, 2.05) is 0 Å². The third-order valence-corrected chi connectivity index (χ3v) is 7.87. The molecule has 0 aromatic heterocycles. The lowest BCUT2D eigenvalue weighted by Gasteiger charge is -2.36. The fourth-order valence-electron chi connectivity index (χ4n) is 0.566. The Bertz CT molecular complexity index is 154. The second-order valence-electron chi connectivity index (χ2n) is 4.88. The molecule has 0 saturated heterocycles. The predicted molar refractivity (Wildman–Crippen MR) is 62.9 cm³/mol. The molecule has 13 heavy (non-hydrogen) atoms. The molecule has 0 unspecified atom stereocenters. The van der Waals surface area contributed by atoms with Crippen LogP contribution >= 0.6 is 15.9 Å². The number of aliphatic hydroxyl groups is 1. The fourth-order valence-corrected chi connectivity index (χ4v) is 1.79. The highest BCUT2D eigenvalue weighted by Gasteiger charge is 2.37. The zero-order valence-corrected chi connectivity index (χ0v) is 11.8. The summed E-state index contributed by atoms with van der Waals surface area (Å²) in [7, 11) is -1.66. The number of halogens is 1. The summed E-state index contributed by atoms with van der Waals surface area (Å²) >= 11 is 3.22. The molecule has 0 saturated carbocycles.